The van der Waals surface area contributed by atoms with Crippen LogP contribution in [0.15, 0.2) is 0 Å². The summed E-state index contributed by atoms with van der Waals surface area (Å²) in [6.45, 7) is 4.81. The van der Waals surface area contributed by atoms with Crippen LogP contribution in [0.3, 0.4) is 0 Å². The Morgan fingerprint density at radius 2 is 2.25 bits per heavy atom. The van der Waals surface area contributed by atoms with Crippen LogP contribution in [0.2, 0.25) is 0 Å². The van der Waals surface area contributed by atoms with Crippen molar-refractivity contribution in [3.05, 3.63) is 0 Å². The highest BCUT2D eigenvalue weighted by Gasteiger charge is 1.97. The van der Waals surface area contributed by atoms with Crippen LogP contribution in [-0.2, 0) is 4.84 Å². The summed E-state index contributed by atoms with van der Waals surface area (Å²) in [5, 5.41) is 0. The van der Waals surface area contributed by atoms with E-state index in [0.717, 1.165) is 0 Å². The van der Waals surface area contributed by atoms with E-state index in [-0.39, 0.29) is 0 Å². The molecule has 0 saturated carbocycles. The van der Waals surface area contributed by atoms with Crippen molar-refractivity contribution in [2.75, 3.05) is 6.61 Å². The van der Waals surface area contributed by atoms with Gasteiger partial charge in [0.1, 0.15) is 0 Å². The normalized spacial score (nSPS) is 13.9. The van der Waals surface area contributed by atoms with Gasteiger partial charge in [0.2, 0.25) is 0 Å². The Hall–Kier alpha value is -0.0800. The summed E-state index contributed by atoms with van der Waals surface area (Å²) in [5.41, 5.74) is 0. The Kier molecular flexibility index (Phi) is 5.01. The van der Waals surface area contributed by atoms with Gasteiger partial charge in [-0.2, -0.15) is 0 Å². The fourth-order valence-corrected chi connectivity index (χ4v) is 0.718. The summed E-state index contributed by atoms with van der Waals surface area (Å²) in [5.74, 6) is 6.96. The van der Waals surface area contributed by atoms with Crippen molar-refractivity contribution in [3.63, 3.8) is 0 Å². The van der Waals surface area contributed by atoms with E-state index in [1.54, 1.807) is 0 Å². The molecule has 0 saturated heterocycles. The van der Waals surface area contributed by atoms with Crippen molar-refractivity contribution in [2.24, 2.45) is 5.92 Å². The Labute approximate surface area is 51.0 Å². The molecule has 0 aliphatic rings. The molecule has 1 unspecified atom stereocenters. The minimum Gasteiger partial charge on any atom is -0.285 e. The first kappa shape index (κ1) is 7.92. The van der Waals surface area contributed by atoms with Gasteiger partial charge in [-0.25, -0.2) is 0 Å². The SMILES string of the molecule is CCCC(C)CO[NH]. The molecule has 0 fully saturated rings. The summed E-state index contributed by atoms with van der Waals surface area (Å²) in [6.07, 6.45) is 2.35. The quantitative estimate of drug-likeness (QED) is 0.514. The molecule has 2 nitrogen and oxygen atoms in total. The zero-order valence-corrected chi connectivity index (χ0v) is 5.61. The molecular weight excluding hydrogens is 102 g/mol. The van der Waals surface area contributed by atoms with Crippen molar-refractivity contribution in [1.82, 2.24) is 5.90 Å². The lowest BCUT2D eigenvalue weighted by Gasteiger charge is -2.04. The third-order valence-electron chi connectivity index (χ3n) is 1.15. The van der Waals surface area contributed by atoms with Gasteiger partial charge in [-0.15, -0.1) is 5.90 Å². The summed E-state index contributed by atoms with van der Waals surface area (Å²) in [6, 6.07) is 0. The Balaban J connectivity index is 2.92. The highest BCUT2D eigenvalue weighted by molar-refractivity contribution is 4.47. The molecule has 2 heteroatoms. The van der Waals surface area contributed by atoms with Crippen molar-refractivity contribution in [3.8, 4) is 0 Å². The van der Waals surface area contributed by atoms with Gasteiger partial charge in [0.25, 0.3) is 0 Å². The Morgan fingerprint density at radius 1 is 1.62 bits per heavy atom. The zero-order valence-electron chi connectivity index (χ0n) is 5.61. The number of hydrogen-bond donors (Lipinski definition) is 0. The second-order valence-corrected chi connectivity index (χ2v) is 2.20. The van der Waals surface area contributed by atoms with E-state index in [4.69, 9.17) is 5.90 Å². The number of hydrogen-bond acceptors (Lipinski definition) is 1. The topological polar surface area (TPSA) is 33.0 Å². The fourth-order valence-electron chi connectivity index (χ4n) is 0.718. The van der Waals surface area contributed by atoms with Gasteiger partial charge in [0.15, 0.2) is 0 Å². The van der Waals surface area contributed by atoms with E-state index in [2.05, 4.69) is 18.7 Å². The molecule has 0 aliphatic carbocycles. The van der Waals surface area contributed by atoms with Crippen LogP contribution in [0.5, 0.6) is 0 Å². The molecule has 0 aliphatic heterocycles. The van der Waals surface area contributed by atoms with Gasteiger partial charge >= 0.3 is 0 Å². The molecule has 0 aromatic rings. The largest absolute Gasteiger partial charge is 0.285 e. The van der Waals surface area contributed by atoms with E-state index >= 15 is 0 Å². The lowest BCUT2D eigenvalue weighted by Crippen LogP contribution is -2.03. The van der Waals surface area contributed by atoms with E-state index in [9.17, 15) is 0 Å². The number of rotatable bonds is 4. The molecule has 0 heterocycles. The van der Waals surface area contributed by atoms with Crippen LogP contribution in [0.1, 0.15) is 26.7 Å². The average molecular weight is 116 g/mol. The minimum absolute atomic E-state index is 0.553. The Morgan fingerprint density at radius 3 is 2.62 bits per heavy atom. The summed E-state index contributed by atoms with van der Waals surface area (Å²) >= 11 is 0. The van der Waals surface area contributed by atoms with Crippen LogP contribution < -0.4 is 5.90 Å². The van der Waals surface area contributed by atoms with Crippen LogP contribution in [-0.4, -0.2) is 6.61 Å². The highest BCUT2D eigenvalue weighted by Crippen LogP contribution is 2.03. The second kappa shape index (κ2) is 5.06. The standard InChI is InChI=1S/C6H14NO/c1-3-4-6(2)5-8-7/h6-7H,3-5H2,1-2H3. The maximum Gasteiger partial charge on any atom is 0.0725 e. The molecule has 0 amide bonds. The summed E-state index contributed by atoms with van der Waals surface area (Å²) in [4.78, 5) is 4.21. The van der Waals surface area contributed by atoms with Gasteiger partial charge in [0.05, 0.1) is 6.61 Å². The van der Waals surface area contributed by atoms with Crippen LogP contribution in [0.4, 0.5) is 0 Å². The molecule has 1 radical (unpaired) electrons. The monoisotopic (exact) mass is 116 g/mol. The van der Waals surface area contributed by atoms with E-state index in [1.165, 1.54) is 12.8 Å². The van der Waals surface area contributed by atoms with Gasteiger partial charge < -0.3 is 0 Å². The molecule has 0 rings (SSSR count). The lowest BCUT2D eigenvalue weighted by atomic mass is 10.1. The fraction of sp³-hybridized carbons (Fsp3) is 1.00. The first-order valence-electron chi connectivity index (χ1n) is 3.09. The van der Waals surface area contributed by atoms with Crippen LogP contribution in [0.25, 0.3) is 0 Å². The van der Waals surface area contributed by atoms with E-state index in [1.807, 2.05) is 0 Å². The molecule has 0 bridgehead atoms. The maximum absolute atomic E-state index is 6.41. The molecule has 0 aromatic heterocycles. The molecule has 1 N–H and O–H groups in total. The van der Waals surface area contributed by atoms with Crippen molar-refractivity contribution in [2.45, 2.75) is 26.7 Å². The van der Waals surface area contributed by atoms with Crippen molar-refractivity contribution in [1.29, 1.82) is 0 Å². The smallest absolute Gasteiger partial charge is 0.0725 e. The van der Waals surface area contributed by atoms with Crippen molar-refractivity contribution < 1.29 is 4.84 Å². The predicted octanol–water partition coefficient (Wildman–Crippen LogP) is 1.64. The third-order valence-corrected chi connectivity index (χ3v) is 1.15. The van der Waals surface area contributed by atoms with Crippen molar-refractivity contribution >= 4 is 0 Å². The molecular formula is C6H14NO. The molecule has 0 spiro atoms. The maximum atomic E-state index is 6.41. The second-order valence-electron chi connectivity index (χ2n) is 2.20. The van der Waals surface area contributed by atoms with Crippen LogP contribution in [0, 0.1) is 5.92 Å². The van der Waals surface area contributed by atoms with Gasteiger partial charge in [-0.05, 0) is 12.3 Å². The molecule has 8 heavy (non-hydrogen) atoms. The summed E-state index contributed by atoms with van der Waals surface area (Å²) < 4.78 is 0. The predicted molar refractivity (Wildman–Crippen MR) is 33.1 cm³/mol. The van der Waals surface area contributed by atoms with Gasteiger partial charge in [-0.1, -0.05) is 20.3 Å². The summed E-state index contributed by atoms with van der Waals surface area (Å²) in [7, 11) is 0. The molecule has 1 atom stereocenters. The molecule has 49 valence electrons. The Bertz CT molecular complexity index is 41.8. The van der Waals surface area contributed by atoms with Gasteiger partial charge in [-0.3, -0.25) is 4.84 Å². The average Bonchev–Trinajstić information content (AvgIpc) is 1.68. The minimum atomic E-state index is 0.553. The highest BCUT2D eigenvalue weighted by atomic mass is 16.6. The lowest BCUT2D eigenvalue weighted by molar-refractivity contribution is 0.0867. The molecule has 0 aromatic carbocycles. The van der Waals surface area contributed by atoms with E-state index in [0.29, 0.717) is 12.5 Å². The third kappa shape index (κ3) is 4.09. The zero-order chi connectivity index (χ0) is 6.41. The first-order chi connectivity index (χ1) is 3.81. The number of nitrogens with one attached hydrogen (secondary N) is 1. The van der Waals surface area contributed by atoms with Crippen LogP contribution >= 0.6 is 0 Å². The first-order valence-corrected chi connectivity index (χ1v) is 3.09. The van der Waals surface area contributed by atoms with Gasteiger partial charge in [0, 0.05) is 0 Å². The van der Waals surface area contributed by atoms with E-state index < -0.39 is 0 Å².